The van der Waals surface area contributed by atoms with E-state index < -0.39 is 0 Å². The van der Waals surface area contributed by atoms with Crippen LogP contribution in [0.3, 0.4) is 0 Å². The van der Waals surface area contributed by atoms with Gasteiger partial charge in [-0.05, 0) is 49.3 Å². The lowest BCUT2D eigenvalue weighted by molar-refractivity contribution is 0.115. The fourth-order valence-electron chi connectivity index (χ4n) is 3.45. The van der Waals surface area contributed by atoms with Crippen LogP contribution < -0.4 is 5.32 Å². The van der Waals surface area contributed by atoms with Crippen LogP contribution in [0.1, 0.15) is 37.7 Å². The molecule has 0 aliphatic heterocycles. The molecule has 0 heterocycles. The van der Waals surface area contributed by atoms with E-state index in [4.69, 9.17) is 4.74 Å². The Balaban J connectivity index is 1.49. The van der Waals surface area contributed by atoms with Gasteiger partial charge in [-0.3, -0.25) is 4.99 Å². The summed E-state index contributed by atoms with van der Waals surface area (Å²) < 4.78 is 18.9. The van der Waals surface area contributed by atoms with Crippen LogP contribution in [-0.4, -0.2) is 51.3 Å². The molecule has 0 atom stereocenters. The van der Waals surface area contributed by atoms with Crippen molar-refractivity contribution in [3.05, 3.63) is 35.6 Å². The van der Waals surface area contributed by atoms with Gasteiger partial charge in [-0.2, -0.15) is 0 Å². The maximum atomic E-state index is 13.2. The van der Waals surface area contributed by atoms with Crippen molar-refractivity contribution in [1.82, 2.24) is 10.2 Å². The SMILES string of the molecule is CN=C(NCC1(c2ccc(F)cc2)CCC1)N(C)CCOCC1CC1. The molecule has 0 saturated heterocycles. The maximum Gasteiger partial charge on any atom is 0.193 e. The molecule has 1 aromatic carbocycles. The van der Waals surface area contributed by atoms with Crippen molar-refractivity contribution in [1.29, 1.82) is 0 Å². The third kappa shape index (κ3) is 4.72. The first-order chi connectivity index (χ1) is 12.1. The van der Waals surface area contributed by atoms with E-state index in [1.165, 1.54) is 24.8 Å². The Hall–Kier alpha value is -1.62. The van der Waals surface area contributed by atoms with Gasteiger partial charge in [-0.15, -0.1) is 0 Å². The highest BCUT2D eigenvalue weighted by atomic mass is 19.1. The molecule has 25 heavy (non-hydrogen) atoms. The van der Waals surface area contributed by atoms with Gasteiger partial charge in [0.1, 0.15) is 5.82 Å². The van der Waals surface area contributed by atoms with Crippen molar-refractivity contribution >= 4 is 5.96 Å². The molecule has 0 spiro atoms. The molecule has 0 amide bonds. The number of ether oxygens (including phenoxy) is 1. The van der Waals surface area contributed by atoms with Crippen LogP contribution in [0.2, 0.25) is 0 Å². The molecule has 2 saturated carbocycles. The number of likely N-dealkylation sites (N-methyl/N-ethyl adjacent to an activating group) is 1. The summed E-state index contributed by atoms with van der Waals surface area (Å²) in [5, 5.41) is 3.51. The minimum Gasteiger partial charge on any atom is -0.379 e. The third-order valence-electron chi connectivity index (χ3n) is 5.55. The molecule has 5 heteroatoms. The quantitative estimate of drug-likeness (QED) is 0.446. The van der Waals surface area contributed by atoms with E-state index in [1.807, 2.05) is 26.2 Å². The van der Waals surface area contributed by atoms with Gasteiger partial charge in [0, 0.05) is 39.2 Å². The summed E-state index contributed by atoms with van der Waals surface area (Å²) in [5.41, 5.74) is 1.32. The monoisotopic (exact) mass is 347 g/mol. The summed E-state index contributed by atoms with van der Waals surface area (Å²) in [4.78, 5) is 6.51. The molecule has 3 rings (SSSR count). The molecule has 0 unspecified atom stereocenters. The van der Waals surface area contributed by atoms with E-state index in [0.29, 0.717) is 0 Å². The lowest BCUT2D eigenvalue weighted by Crippen LogP contribution is -2.49. The molecule has 2 aliphatic rings. The van der Waals surface area contributed by atoms with Gasteiger partial charge in [0.15, 0.2) is 5.96 Å². The molecular weight excluding hydrogens is 317 g/mol. The van der Waals surface area contributed by atoms with Crippen LogP contribution in [0.25, 0.3) is 0 Å². The second-order valence-corrected chi connectivity index (χ2v) is 7.48. The highest BCUT2D eigenvalue weighted by Gasteiger charge is 2.38. The number of nitrogens with one attached hydrogen (secondary N) is 1. The molecule has 0 aromatic heterocycles. The first-order valence-corrected chi connectivity index (χ1v) is 9.38. The summed E-state index contributed by atoms with van der Waals surface area (Å²) in [7, 11) is 3.86. The fraction of sp³-hybridized carbons (Fsp3) is 0.650. The second kappa shape index (κ2) is 8.17. The van der Waals surface area contributed by atoms with Crippen molar-refractivity contribution in [3.63, 3.8) is 0 Å². The summed E-state index contributed by atoms with van der Waals surface area (Å²) >= 11 is 0. The Labute approximate surface area is 150 Å². The number of rotatable bonds is 8. The minimum atomic E-state index is -0.173. The Morgan fingerprint density at radius 2 is 2.04 bits per heavy atom. The smallest absolute Gasteiger partial charge is 0.193 e. The second-order valence-electron chi connectivity index (χ2n) is 7.48. The molecule has 4 nitrogen and oxygen atoms in total. The van der Waals surface area contributed by atoms with Crippen molar-refractivity contribution in [2.75, 3.05) is 40.4 Å². The number of halogens is 1. The van der Waals surface area contributed by atoms with E-state index in [9.17, 15) is 4.39 Å². The van der Waals surface area contributed by atoms with E-state index in [0.717, 1.165) is 51.0 Å². The zero-order valence-electron chi connectivity index (χ0n) is 15.4. The van der Waals surface area contributed by atoms with Gasteiger partial charge < -0.3 is 15.0 Å². The van der Waals surface area contributed by atoms with Gasteiger partial charge in [0.2, 0.25) is 0 Å². The largest absolute Gasteiger partial charge is 0.379 e. The van der Waals surface area contributed by atoms with E-state index in [1.54, 1.807) is 12.1 Å². The Morgan fingerprint density at radius 3 is 2.60 bits per heavy atom. The predicted molar refractivity (Wildman–Crippen MR) is 99.5 cm³/mol. The molecule has 0 bridgehead atoms. The Morgan fingerprint density at radius 1 is 1.32 bits per heavy atom. The topological polar surface area (TPSA) is 36.9 Å². The molecule has 138 valence electrons. The van der Waals surface area contributed by atoms with Gasteiger partial charge in [0.25, 0.3) is 0 Å². The van der Waals surface area contributed by atoms with Crippen LogP contribution in [-0.2, 0) is 10.2 Å². The summed E-state index contributed by atoms with van der Waals surface area (Å²) in [5.74, 6) is 1.52. The molecular formula is C20H30FN3O. The van der Waals surface area contributed by atoms with Crippen molar-refractivity contribution in [2.45, 2.75) is 37.5 Å². The van der Waals surface area contributed by atoms with E-state index >= 15 is 0 Å². The predicted octanol–water partition coefficient (Wildman–Crippen LogP) is 3.18. The third-order valence-corrected chi connectivity index (χ3v) is 5.55. The van der Waals surface area contributed by atoms with Crippen LogP contribution in [0.4, 0.5) is 4.39 Å². The molecule has 0 radical (unpaired) electrons. The number of nitrogens with zero attached hydrogens (tertiary/aromatic N) is 2. The molecule has 1 aromatic rings. The number of guanidine groups is 1. The first-order valence-electron chi connectivity index (χ1n) is 9.38. The number of hydrogen-bond donors (Lipinski definition) is 1. The average Bonchev–Trinajstić information content (AvgIpc) is 3.39. The minimum absolute atomic E-state index is 0.104. The Kier molecular flexibility index (Phi) is 5.94. The normalized spacial score (nSPS) is 19.4. The average molecular weight is 347 g/mol. The van der Waals surface area contributed by atoms with E-state index in [2.05, 4.69) is 15.2 Å². The highest BCUT2D eigenvalue weighted by molar-refractivity contribution is 5.79. The zero-order chi connectivity index (χ0) is 17.7. The van der Waals surface area contributed by atoms with Crippen LogP contribution in [0.15, 0.2) is 29.3 Å². The van der Waals surface area contributed by atoms with Crippen LogP contribution in [0.5, 0.6) is 0 Å². The summed E-state index contributed by atoms with van der Waals surface area (Å²) in [6, 6.07) is 6.98. The number of benzene rings is 1. The lowest BCUT2D eigenvalue weighted by Gasteiger charge is -2.43. The van der Waals surface area contributed by atoms with Crippen LogP contribution >= 0.6 is 0 Å². The highest BCUT2D eigenvalue weighted by Crippen LogP contribution is 2.43. The zero-order valence-corrected chi connectivity index (χ0v) is 15.4. The molecule has 1 N–H and O–H groups in total. The van der Waals surface area contributed by atoms with Gasteiger partial charge in [-0.25, -0.2) is 4.39 Å². The van der Waals surface area contributed by atoms with Gasteiger partial charge in [0.05, 0.1) is 6.61 Å². The standard InChI is InChI=1S/C20H30FN3O/c1-22-19(24(2)12-13-25-14-16-4-5-16)23-15-20(10-3-11-20)17-6-8-18(21)9-7-17/h6-9,16H,3-5,10-15H2,1-2H3,(H,22,23). The first kappa shape index (κ1) is 18.2. The number of hydrogen-bond acceptors (Lipinski definition) is 2. The Bertz CT molecular complexity index is 579. The van der Waals surface area contributed by atoms with Crippen molar-refractivity contribution < 1.29 is 9.13 Å². The van der Waals surface area contributed by atoms with E-state index in [-0.39, 0.29) is 11.2 Å². The summed E-state index contributed by atoms with van der Waals surface area (Å²) in [6.45, 7) is 3.29. The number of aliphatic imine (C=N–C) groups is 1. The van der Waals surface area contributed by atoms with Crippen molar-refractivity contribution in [3.8, 4) is 0 Å². The maximum absolute atomic E-state index is 13.2. The lowest BCUT2D eigenvalue weighted by atomic mass is 9.64. The fourth-order valence-corrected chi connectivity index (χ4v) is 3.45. The molecule has 2 fully saturated rings. The van der Waals surface area contributed by atoms with Crippen LogP contribution in [0, 0.1) is 11.7 Å². The summed E-state index contributed by atoms with van der Waals surface area (Å²) in [6.07, 6.45) is 6.14. The van der Waals surface area contributed by atoms with Gasteiger partial charge >= 0.3 is 0 Å². The molecule has 2 aliphatic carbocycles. The van der Waals surface area contributed by atoms with Crippen molar-refractivity contribution in [2.24, 2.45) is 10.9 Å². The van der Waals surface area contributed by atoms with Gasteiger partial charge in [-0.1, -0.05) is 18.6 Å².